The maximum absolute atomic E-state index is 13.5. The average Bonchev–Trinajstić information content (AvgIpc) is 3.58. The molecule has 2 amide bonds. The predicted molar refractivity (Wildman–Crippen MR) is 119 cm³/mol. The van der Waals surface area contributed by atoms with Gasteiger partial charge < -0.3 is 15.4 Å². The summed E-state index contributed by atoms with van der Waals surface area (Å²) in [6.07, 6.45) is -2.03. The highest BCUT2D eigenvalue weighted by molar-refractivity contribution is 7.99. The number of nitrogens with one attached hydrogen (secondary N) is 2. The Morgan fingerprint density at radius 3 is 2.56 bits per heavy atom. The summed E-state index contributed by atoms with van der Waals surface area (Å²) >= 11 is 1.35. The molecule has 32 heavy (non-hydrogen) atoms. The molecule has 2 N–H and O–H groups in total. The van der Waals surface area contributed by atoms with Gasteiger partial charge in [0.05, 0.1) is 11.3 Å². The molecular weight excluding hydrogens is 441 g/mol. The van der Waals surface area contributed by atoms with Crippen molar-refractivity contribution in [1.82, 2.24) is 0 Å². The van der Waals surface area contributed by atoms with Gasteiger partial charge >= 0.3 is 6.18 Å². The topological polar surface area (TPSA) is 67.4 Å². The van der Waals surface area contributed by atoms with E-state index in [0.717, 1.165) is 25.3 Å². The summed E-state index contributed by atoms with van der Waals surface area (Å²) in [5.74, 6) is -0.409. The molecule has 1 aliphatic carbocycles. The molecule has 2 aromatic rings. The number of rotatable bonds is 9. The second-order valence-corrected chi connectivity index (χ2v) is 9.18. The van der Waals surface area contributed by atoms with Gasteiger partial charge in [0.2, 0.25) is 5.91 Å². The molecule has 0 aliphatic heterocycles. The van der Waals surface area contributed by atoms with Crippen molar-refractivity contribution in [3.8, 4) is 5.75 Å². The molecule has 3 rings (SSSR count). The van der Waals surface area contributed by atoms with Crippen LogP contribution in [0.5, 0.6) is 5.75 Å². The Balaban J connectivity index is 1.62. The maximum Gasteiger partial charge on any atom is 0.418 e. The predicted octanol–water partition coefficient (Wildman–Crippen LogP) is 5.96. The summed E-state index contributed by atoms with van der Waals surface area (Å²) in [6.45, 7) is 3.44. The number of anilines is 2. The molecule has 0 heterocycles. The third-order valence-electron chi connectivity index (χ3n) is 4.90. The molecule has 172 valence electrons. The van der Waals surface area contributed by atoms with Crippen LogP contribution >= 0.6 is 11.8 Å². The summed E-state index contributed by atoms with van der Waals surface area (Å²) in [4.78, 5) is 24.6. The van der Waals surface area contributed by atoms with E-state index in [1.54, 1.807) is 30.3 Å². The first kappa shape index (κ1) is 24.0. The molecule has 0 spiro atoms. The molecule has 0 radical (unpaired) electrons. The first-order valence-corrected chi connectivity index (χ1v) is 11.2. The van der Waals surface area contributed by atoms with E-state index in [9.17, 15) is 22.8 Å². The zero-order valence-electron chi connectivity index (χ0n) is 17.8. The van der Waals surface area contributed by atoms with Gasteiger partial charge in [-0.1, -0.05) is 19.9 Å². The molecule has 1 atom stereocenters. The van der Waals surface area contributed by atoms with Gasteiger partial charge in [-0.25, -0.2) is 0 Å². The van der Waals surface area contributed by atoms with Crippen molar-refractivity contribution in [2.45, 2.75) is 49.4 Å². The molecule has 1 fully saturated rings. The van der Waals surface area contributed by atoms with Crippen LogP contribution < -0.4 is 15.4 Å². The Kier molecular flexibility index (Phi) is 7.71. The van der Waals surface area contributed by atoms with Gasteiger partial charge in [0.15, 0.2) is 6.61 Å². The Morgan fingerprint density at radius 1 is 1.16 bits per heavy atom. The van der Waals surface area contributed by atoms with Gasteiger partial charge in [0.25, 0.3) is 5.91 Å². The number of halogens is 3. The highest BCUT2D eigenvalue weighted by atomic mass is 32.2. The monoisotopic (exact) mass is 466 g/mol. The fourth-order valence-corrected chi connectivity index (χ4v) is 3.81. The number of carbonyl (C=O) groups excluding carboxylic acids is 2. The Bertz CT molecular complexity index is 977. The molecule has 1 saturated carbocycles. The van der Waals surface area contributed by atoms with Gasteiger partial charge in [-0.15, -0.1) is 11.8 Å². The lowest BCUT2D eigenvalue weighted by Crippen LogP contribution is -2.22. The number of amides is 2. The van der Waals surface area contributed by atoms with Gasteiger partial charge in [0, 0.05) is 27.8 Å². The molecule has 5 nitrogen and oxygen atoms in total. The van der Waals surface area contributed by atoms with Crippen molar-refractivity contribution in [2.24, 2.45) is 5.92 Å². The van der Waals surface area contributed by atoms with Crippen LogP contribution in [0.4, 0.5) is 24.5 Å². The van der Waals surface area contributed by atoms with E-state index in [0.29, 0.717) is 16.3 Å². The lowest BCUT2D eigenvalue weighted by molar-refractivity contribution is -0.137. The fourth-order valence-electron chi connectivity index (χ4n) is 2.84. The smallest absolute Gasteiger partial charge is 0.418 e. The summed E-state index contributed by atoms with van der Waals surface area (Å²) in [6, 6.07) is 10.4. The lowest BCUT2D eigenvalue weighted by Gasteiger charge is -2.16. The molecule has 0 bridgehead atoms. The van der Waals surface area contributed by atoms with Crippen molar-refractivity contribution in [2.75, 3.05) is 17.2 Å². The maximum atomic E-state index is 13.5. The molecule has 0 aromatic heterocycles. The first-order valence-electron chi connectivity index (χ1n) is 10.4. The minimum Gasteiger partial charge on any atom is -0.484 e. The molecule has 1 unspecified atom stereocenters. The number of hydrogen-bond donors (Lipinski definition) is 2. The van der Waals surface area contributed by atoms with E-state index >= 15 is 0 Å². The number of carbonyl (C=O) groups is 2. The summed E-state index contributed by atoms with van der Waals surface area (Å²) in [7, 11) is 0. The summed E-state index contributed by atoms with van der Waals surface area (Å²) < 4.78 is 46.0. The first-order chi connectivity index (χ1) is 15.2. The highest BCUT2D eigenvalue weighted by Crippen LogP contribution is 2.38. The molecule has 1 aliphatic rings. The van der Waals surface area contributed by atoms with Crippen molar-refractivity contribution in [3.63, 3.8) is 0 Å². The van der Waals surface area contributed by atoms with E-state index in [1.165, 1.54) is 17.8 Å². The number of hydrogen-bond acceptors (Lipinski definition) is 4. The van der Waals surface area contributed by atoms with E-state index in [1.807, 2.05) is 13.8 Å². The second-order valence-electron chi connectivity index (χ2n) is 7.67. The number of benzene rings is 2. The third kappa shape index (κ3) is 6.91. The zero-order valence-corrected chi connectivity index (χ0v) is 18.6. The standard InChI is InChI=1S/C23H25F3N2O3S/c1-3-14(2)32-18-9-10-20(19(12-18)23(24,25)26)28-21(29)13-31-17-6-4-5-16(11-17)27-22(30)15-7-8-15/h4-6,9-12,14-15H,3,7-8,13H2,1-2H3,(H,27,30)(H,28,29). The van der Waals surface area contributed by atoms with Crippen LogP contribution in [0.1, 0.15) is 38.7 Å². The van der Waals surface area contributed by atoms with Gasteiger partial charge in [-0.3, -0.25) is 9.59 Å². The van der Waals surface area contributed by atoms with E-state index < -0.39 is 24.3 Å². The van der Waals surface area contributed by atoms with Crippen molar-refractivity contribution in [3.05, 3.63) is 48.0 Å². The van der Waals surface area contributed by atoms with E-state index in [-0.39, 0.29) is 22.8 Å². The van der Waals surface area contributed by atoms with Crippen LogP contribution in [-0.2, 0) is 15.8 Å². The number of ether oxygens (including phenoxy) is 1. The quantitative estimate of drug-likeness (QED) is 0.448. The van der Waals surface area contributed by atoms with E-state index in [4.69, 9.17) is 4.74 Å². The highest BCUT2D eigenvalue weighted by Gasteiger charge is 2.34. The van der Waals surface area contributed by atoms with Crippen LogP contribution in [0.2, 0.25) is 0 Å². The fraction of sp³-hybridized carbons (Fsp3) is 0.391. The Morgan fingerprint density at radius 2 is 1.91 bits per heavy atom. The van der Waals surface area contributed by atoms with Gasteiger partial charge in [-0.05, 0) is 49.6 Å². The lowest BCUT2D eigenvalue weighted by atomic mass is 10.1. The van der Waals surface area contributed by atoms with Gasteiger partial charge in [0.1, 0.15) is 5.75 Å². The van der Waals surface area contributed by atoms with Crippen molar-refractivity contribution in [1.29, 1.82) is 0 Å². The van der Waals surface area contributed by atoms with Crippen LogP contribution in [-0.4, -0.2) is 23.7 Å². The molecule has 0 saturated heterocycles. The Labute approximate surface area is 189 Å². The normalized spacial score (nSPS) is 14.5. The van der Waals surface area contributed by atoms with Crippen LogP contribution in [0.3, 0.4) is 0 Å². The molecule has 2 aromatic carbocycles. The van der Waals surface area contributed by atoms with E-state index in [2.05, 4.69) is 10.6 Å². The van der Waals surface area contributed by atoms with Crippen LogP contribution in [0.25, 0.3) is 0 Å². The van der Waals surface area contributed by atoms with Crippen LogP contribution in [0, 0.1) is 5.92 Å². The zero-order chi connectivity index (χ0) is 23.3. The average molecular weight is 467 g/mol. The number of thioether (sulfide) groups is 1. The van der Waals surface area contributed by atoms with Crippen LogP contribution in [0.15, 0.2) is 47.4 Å². The summed E-state index contributed by atoms with van der Waals surface area (Å²) in [5.41, 5.74) is -0.678. The minimum absolute atomic E-state index is 0.0446. The van der Waals surface area contributed by atoms with Crippen molar-refractivity contribution >= 4 is 35.0 Å². The van der Waals surface area contributed by atoms with Crippen molar-refractivity contribution < 1.29 is 27.5 Å². The largest absolute Gasteiger partial charge is 0.484 e. The molecule has 9 heteroatoms. The summed E-state index contributed by atoms with van der Waals surface area (Å²) in [5, 5.41) is 5.24. The molecular formula is C23H25F3N2O3S. The number of alkyl halides is 3. The third-order valence-corrected chi connectivity index (χ3v) is 6.16. The second kappa shape index (κ2) is 10.3. The SMILES string of the molecule is CCC(C)Sc1ccc(NC(=O)COc2cccc(NC(=O)C3CC3)c2)c(C(F)(F)F)c1. The minimum atomic E-state index is -4.61. The van der Waals surface area contributed by atoms with Gasteiger partial charge in [-0.2, -0.15) is 13.2 Å². The Hall–Kier alpha value is -2.68.